The van der Waals surface area contributed by atoms with Gasteiger partial charge in [0.2, 0.25) is 5.91 Å². The first-order chi connectivity index (χ1) is 15.5. The molecule has 0 N–H and O–H groups in total. The highest BCUT2D eigenvalue weighted by atomic mass is 35.5. The zero-order valence-electron chi connectivity index (χ0n) is 18.5. The van der Waals surface area contributed by atoms with Crippen molar-refractivity contribution in [3.8, 4) is 5.75 Å². The van der Waals surface area contributed by atoms with Gasteiger partial charge in [0.25, 0.3) is 5.91 Å². The number of halogens is 1. The lowest BCUT2D eigenvalue weighted by Gasteiger charge is -2.37. The molecular formula is C25H30ClN3O3. The third-order valence-electron chi connectivity index (χ3n) is 6.37. The molecule has 0 aliphatic carbocycles. The first-order valence-corrected chi connectivity index (χ1v) is 11.6. The minimum Gasteiger partial charge on any atom is -0.488 e. The summed E-state index contributed by atoms with van der Waals surface area (Å²) in [5.41, 5.74) is 1.55. The number of likely N-dealkylation sites (tertiary alicyclic amines) is 1. The summed E-state index contributed by atoms with van der Waals surface area (Å²) < 4.78 is 5.97. The Labute approximate surface area is 194 Å². The molecule has 32 heavy (non-hydrogen) atoms. The Bertz CT molecular complexity index is 934. The Morgan fingerprint density at radius 3 is 2.25 bits per heavy atom. The number of piperidine rings is 1. The lowest BCUT2D eigenvalue weighted by Crippen LogP contribution is -2.51. The smallest absolute Gasteiger partial charge is 0.257 e. The highest BCUT2D eigenvalue weighted by Crippen LogP contribution is 2.26. The summed E-state index contributed by atoms with van der Waals surface area (Å²) in [6, 6.07) is 14.8. The van der Waals surface area contributed by atoms with Gasteiger partial charge >= 0.3 is 0 Å². The van der Waals surface area contributed by atoms with Crippen LogP contribution in [-0.2, 0) is 11.4 Å². The van der Waals surface area contributed by atoms with Crippen LogP contribution in [-0.4, -0.2) is 72.8 Å². The molecule has 0 spiro atoms. The van der Waals surface area contributed by atoms with E-state index in [4.69, 9.17) is 16.3 Å². The van der Waals surface area contributed by atoms with Gasteiger partial charge in [-0.05, 0) is 49.7 Å². The van der Waals surface area contributed by atoms with Crippen LogP contribution in [0.5, 0.6) is 5.75 Å². The SMILES string of the molecule is CN1CCN(C(=O)C2CCN(C(=O)c3ccccc3OCc3ccc(Cl)cc3)CC2)CC1. The van der Waals surface area contributed by atoms with Crippen LogP contribution < -0.4 is 4.74 Å². The van der Waals surface area contributed by atoms with E-state index >= 15 is 0 Å². The van der Waals surface area contributed by atoms with Crippen molar-refractivity contribution >= 4 is 23.4 Å². The number of hydrogen-bond acceptors (Lipinski definition) is 4. The number of benzene rings is 2. The molecule has 0 bridgehead atoms. The number of nitrogens with zero attached hydrogens (tertiary/aromatic N) is 3. The first-order valence-electron chi connectivity index (χ1n) is 11.2. The second kappa shape index (κ2) is 10.4. The second-order valence-corrected chi connectivity index (χ2v) is 9.04. The van der Waals surface area contributed by atoms with Crippen LogP contribution in [0.2, 0.25) is 5.02 Å². The van der Waals surface area contributed by atoms with E-state index in [1.54, 1.807) is 6.07 Å². The molecule has 7 heteroatoms. The van der Waals surface area contributed by atoms with Gasteiger partial charge in [-0.15, -0.1) is 0 Å². The van der Waals surface area contributed by atoms with Crippen LogP contribution in [0.25, 0.3) is 0 Å². The maximum absolute atomic E-state index is 13.2. The minimum absolute atomic E-state index is 0.0128. The van der Waals surface area contributed by atoms with Gasteiger partial charge in [-0.2, -0.15) is 0 Å². The average Bonchev–Trinajstić information content (AvgIpc) is 2.83. The van der Waals surface area contributed by atoms with Crippen molar-refractivity contribution in [2.24, 2.45) is 5.92 Å². The third kappa shape index (κ3) is 5.43. The summed E-state index contributed by atoms with van der Waals surface area (Å²) in [5.74, 6) is 0.793. The quantitative estimate of drug-likeness (QED) is 0.692. The highest BCUT2D eigenvalue weighted by molar-refractivity contribution is 6.30. The van der Waals surface area contributed by atoms with Gasteiger partial charge in [-0.3, -0.25) is 9.59 Å². The van der Waals surface area contributed by atoms with E-state index in [1.807, 2.05) is 52.3 Å². The van der Waals surface area contributed by atoms with Crippen molar-refractivity contribution in [3.63, 3.8) is 0 Å². The number of amides is 2. The number of rotatable bonds is 5. The molecule has 0 radical (unpaired) electrons. The molecule has 0 aromatic heterocycles. The lowest BCUT2D eigenvalue weighted by molar-refractivity contribution is -0.138. The summed E-state index contributed by atoms with van der Waals surface area (Å²) in [6.45, 7) is 5.00. The minimum atomic E-state index is -0.0396. The molecular weight excluding hydrogens is 426 g/mol. The van der Waals surface area contributed by atoms with Crippen molar-refractivity contribution in [1.82, 2.24) is 14.7 Å². The van der Waals surface area contributed by atoms with Gasteiger partial charge in [0, 0.05) is 50.2 Å². The molecule has 2 amide bonds. The van der Waals surface area contributed by atoms with Gasteiger partial charge in [-0.1, -0.05) is 35.9 Å². The molecule has 6 nitrogen and oxygen atoms in total. The van der Waals surface area contributed by atoms with E-state index in [0.717, 1.165) is 31.7 Å². The van der Waals surface area contributed by atoms with E-state index in [9.17, 15) is 9.59 Å². The predicted octanol–water partition coefficient (Wildman–Crippen LogP) is 3.55. The number of ether oxygens (including phenoxy) is 1. The predicted molar refractivity (Wildman–Crippen MR) is 125 cm³/mol. The fourth-order valence-electron chi connectivity index (χ4n) is 4.30. The van der Waals surface area contributed by atoms with E-state index in [-0.39, 0.29) is 17.7 Å². The third-order valence-corrected chi connectivity index (χ3v) is 6.62. The van der Waals surface area contributed by atoms with Gasteiger partial charge in [0.15, 0.2) is 0 Å². The molecule has 2 saturated heterocycles. The monoisotopic (exact) mass is 455 g/mol. The Balaban J connectivity index is 1.34. The Kier molecular flexibility index (Phi) is 7.33. The van der Waals surface area contributed by atoms with Gasteiger partial charge in [0.05, 0.1) is 5.56 Å². The van der Waals surface area contributed by atoms with Crippen molar-refractivity contribution in [2.45, 2.75) is 19.4 Å². The maximum atomic E-state index is 13.2. The Morgan fingerprint density at radius 2 is 1.56 bits per heavy atom. The number of likely N-dealkylation sites (N-methyl/N-ethyl adjacent to an activating group) is 1. The lowest BCUT2D eigenvalue weighted by atomic mass is 9.94. The van der Waals surface area contributed by atoms with E-state index in [2.05, 4.69) is 11.9 Å². The summed E-state index contributed by atoms with van der Waals surface area (Å²) in [4.78, 5) is 32.2. The zero-order valence-corrected chi connectivity index (χ0v) is 19.3. The number of carbonyl (C=O) groups is 2. The van der Waals surface area contributed by atoms with E-state index in [0.29, 0.717) is 48.9 Å². The van der Waals surface area contributed by atoms with E-state index < -0.39 is 0 Å². The number of piperazine rings is 1. The molecule has 0 unspecified atom stereocenters. The summed E-state index contributed by atoms with van der Waals surface area (Å²) >= 11 is 5.94. The largest absolute Gasteiger partial charge is 0.488 e. The van der Waals surface area contributed by atoms with Crippen molar-refractivity contribution < 1.29 is 14.3 Å². The fraction of sp³-hybridized carbons (Fsp3) is 0.440. The van der Waals surface area contributed by atoms with Gasteiger partial charge < -0.3 is 19.4 Å². The highest BCUT2D eigenvalue weighted by Gasteiger charge is 2.32. The zero-order chi connectivity index (χ0) is 22.5. The number of para-hydroxylation sites is 1. The molecule has 2 aromatic carbocycles. The molecule has 0 saturated carbocycles. The Morgan fingerprint density at radius 1 is 0.906 bits per heavy atom. The topological polar surface area (TPSA) is 53.1 Å². The number of carbonyl (C=O) groups excluding carboxylic acids is 2. The molecule has 2 aromatic rings. The first kappa shape index (κ1) is 22.6. The van der Waals surface area contributed by atoms with Gasteiger partial charge in [-0.25, -0.2) is 0 Å². The molecule has 0 atom stereocenters. The molecule has 2 aliphatic heterocycles. The maximum Gasteiger partial charge on any atom is 0.257 e. The average molecular weight is 456 g/mol. The molecule has 2 fully saturated rings. The van der Waals surface area contributed by atoms with Crippen LogP contribution in [0.1, 0.15) is 28.8 Å². The summed E-state index contributed by atoms with van der Waals surface area (Å²) in [6.07, 6.45) is 1.43. The van der Waals surface area contributed by atoms with Crippen LogP contribution in [0.4, 0.5) is 0 Å². The van der Waals surface area contributed by atoms with Crippen molar-refractivity contribution in [3.05, 3.63) is 64.7 Å². The van der Waals surface area contributed by atoms with Crippen LogP contribution in [0, 0.1) is 5.92 Å². The normalized spacial score (nSPS) is 17.9. The number of hydrogen-bond donors (Lipinski definition) is 0. The van der Waals surface area contributed by atoms with Crippen LogP contribution in [0.3, 0.4) is 0 Å². The molecule has 170 valence electrons. The van der Waals surface area contributed by atoms with Crippen molar-refractivity contribution in [2.75, 3.05) is 46.3 Å². The molecule has 2 heterocycles. The fourth-order valence-corrected chi connectivity index (χ4v) is 4.42. The van der Waals surface area contributed by atoms with Crippen LogP contribution >= 0.6 is 11.6 Å². The Hall–Kier alpha value is -2.57. The molecule has 2 aliphatic rings. The van der Waals surface area contributed by atoms with Crippen LogP contribution in [0.15, 0.2) is 48.5 Å². The van der Waals surface area contributed by atoms with E-state index in [1.165, 1.54) is 0 Å². The van der Waals surface area contributed by atoms with Crippen molar-refractivity contribution in [1.29, 1.82) is 0 Å². The molecule has 4 rings (SSSR count). The standard InChI is InChI=1S/C25H30ClN3O3/c1-27-14-16-29(17-15-27)24(30)20-10-12-28(13-11-20)25(31)22-4-2-3-5-23(22)32-18-19-6-8-21(26)9-7-19/h2-9,20H,10-18H2,1H3. The summed E-state index contributed by atoms with van der Waals surface area (Å²) in [5, 5.41) is 0.679. The second-order valence-electron chi connectivity index (χ2n) is 8.61. The summed E-state index contributed by atoms with van der Waals surface area (Å²) in [7, 11) is 2.09. The van der Waals surface area contributed by atoms with Gasteiger partial charge in [0.1, 0.15) is 12.4 Å².